The van der Waals surface area contributed by atoms with Crippen molar-refractivity contribution in [2.75, 3.05) is 13.2 Å². The van der Waals surface area contributed by atoms with Gasteiger partial charge in [-0.05, 0) is 47.0 Å². The minimum atomic E-state index is -3.47. The molecule has 0 bridgehead atoms. The summed E-state index contributed by atoms with van der Waals surface area (Å²) in [5.74, 6) is 0. The van der Waals surface area contributed by atoms with Crippen LogP contribution in [0.3, 0.4) is 0 Å². The number of halogens is 1. The van der Waals surface area contributed by atoms with Crippen LogP contribution in [-0.2, 0) is 14.8 Å². The van der Waals surface area contributed by atoms with E-state index in [1.807, 2.05) is 6.92 Å². The molecule has 0 radical (unpaired) electrons. The van der Waals surface area contributed by atoms with E-state index in [4.69, 9.17) is 4.74 Å². The fourth-order valence-corrected chi connectivity index (χ4v) is 3.61. The van der Waals surface area contributed by atoms with Crippen LogP contribution in [0.5, 0.6) is 0 Å². The Hall–Kier alpha value is -0.850. The summed E-state index contributed by atoms with van der Waals surface area (Å²) < 4.78 is 32.0. The predicted octanol–water partition coefficient (Wildman–Crippen LogP) is 2.59. The van der Waals surface area contributed by atoms with Gasteiger partial charge in [-0.25, -0.2) is 13.1 Å². The van der Waals surface area contributed by atoms with E-state index in [0.29, 0.717) is 24.0 Å². The molecule has 0 aliphatic rings. The average Bonchev–Trinajstić information content (AvgIpc) is 2.28. The van der Waals surface area contributed by atoms with Gasteiger partial charge in [0.2, 0.25) is 10.0 Å². The molecule has 1 N–H and O–H groups in total. The molecular weight excluding hydrogens is 318 g/mol. The second-order valence-electron chi connectivity index (χ2n) is 3.72. The van der Waals surface area contributed by atoms with Gasteiger partial charge in [-0.3, -0.25) is 0 Å². The first-order valence-corrected chi connectivity index (χ1v) is 7.73. The number of rotatable bonds is 7. The zero-order valence-electron chi connectivity index (χ0n) is 10.1. The van der Waals surface area contributed by atoms with Gasteiger partial charge >= 0.3 is 0 Å². The van der Waals surface area contributed by atoms with Gasteiger partial charge in [-0.1, -0.05) is 12.6 Å². The molecule has 0 aliphatic heterocycles. The van der Waals surface area contributed by atoms with E-state index < -0.39 is 10.0 Å². The zero-order valence-corrected chi connectivity index (χ0v) is 12.6. The van der Waals surface area contributed by atoms with Crippen LogP contribution in [-0.4, -0.2) is 21.6 Å². The SMILES string of the molecule is C=COCCCNS(=O)(=O)c1ccc(C)cc1Br. The number of sulfonamides is 1. The summed E-state index contributed by atoms with van der Waals surface area (Å²) in [7, 11) is -3.47. The van der Waals surface area contributed by atoms with Gasteiger partial charge in [0.15, 0.2) is 0 Å². The van der Waals surface area contributed by atoms with Crippen LogP contribution in [0.25, 0.3) is 0 Å². The van der Waals surface area contributed by atoms with Gasteiger partial charge in [0.1, 0.15) is 0 Å². The van der Waals surface area contributed by atoms with Crippen molar-refractivity contribution in [3.05, 3.63) is 41.1 Å². The third-order valence-corrected chi connectivity index (χ3v) is 4.66. The molecule has 18 heavy (non-hydrogen) atoms. The van der Waals surface area contributed by atoms with Crippen LogP contribution in [0.1, 0.15) is 12.0 Å². The first kappa shape index (κ1) is 15.2. The average molecular weight is 334 g/mol. The van der Waals surface area contributed by atoms with Crippen LogP contribution in [0.4, 0.5) is 0 Å². The fraction of sp³-hybridized carbons (Fsp3) is 0.333. The fourth-order valence-electron chi connectivity index (χ4n) is 1.35. The molecule has 0 saturated heterocycles. The van der Waals surface area contributed by atoms with Gasteiger partial charge in [-0.15, -0.1) is 0 Å². The maximum atomic E-state index is 12.0. The lowest BCUT2D eigenvalue weighted by atomic mass is 10.2. The number of ether oxygens (including phenoxy) is 1. The molecule has 100 valence electrons. The monoisotopic (exact) mass is 333 g/mol. The highest BCUT2D eigenvalue weighted by Gasteiger charge is 2.16. The number of hydrogen-bond acceptors (Lipinski definition) is 3. The Morgan fingerprint density at radius 2 is 2.22 bits per heavy atom. The quantitative estimate of drug-likeness (QED) is 0.616. The third-order valence-electron chi connectivity index (χ3n) is 2.23. The summed E-state index contributed by atoms with van der Waals surface area (Å²) in [6.07, 6.45) is 1.93. The molecule has 0 heterocycles. The third kappa shape index (κ3) is 4.44. The molecule has 1 aromatic carbocycles. The number of nitrogens with one attached hydrogen (secondary N) is 1. The molecule has 0 fully saturated rings. The van der Waals surface area contributed by atoms with E-state index >= 15 is 0 Å². The van der Waals surface area contributed by atoms with E-state index in [1.165, 1.54) is 6.26 Å². The first-order valence-electron chi connectivity index (χ1n) is 5.45. The number of hydrogen-bond donors (Lipinski definition) is 1. The molecule has 0 atom stereocenters. The molecule has 0 aliphatic carbocycles. The first-order chi connectivity index (χ1) is 8.47. The summed E-state index contributed by atoms with van der Waals surface area (Å²) in [6.45, 7) is 6.09. The highest BCUT2D eigenvalue weighted by atomic mass is 79.9. The second kappa shape index (κ2) is 6.92. The van der Waals surface area contributed by atoms with Crippen LogP contribution in [0.2, 0.25) is 0 Å². The minimum Gasteiger partial charge on any atom is -0.502 e. The van der Waals surface area contributed by atoms with Crippen molar-refractivity contribution in [3.63, 3.8) is 0 Å². The summed E-state index contributed by atoms with van der Waals surface area (Å²) in [4.78, 5) is 0.248. The zero-order chi connectivity index (χ0) is 13.6. The highest BCUT2D eigenvalue weighted by Crippen LogP contribution is 2.22. The van der Waals surface area contributed by atoms with Crippen molar-refractivity contribution in [2.45, 2.75) is 18.2 Å². The molecule has 1 rings (SSSR count). The smallest absolute Gasteiger partial charge is 0.241 e. The molecule has 0 unspecified atom stereocenters. The van der Waals surface area contributed by atoms with Gasteiger partial charge < -0.3 is 4.74 Å². The Bertz CT molecular complexity index is 514. The van der Waals surface area contributed by atoms with Crippen molar-refractivity contribution < 1.29 is 13.2 Å². The summed E-state index contributed by atoms with van der Waals surface area (Å²) >= 11 is 3.26. The van der Waals surface area contributed by atoms with Crippen molar-refractivity contribution in [2.24, 2.45) is 0 Å². The van der Waals surface area contributed by atoms with E-state index in [2.05, 4.69) is 27.2 Å². The summed E-state index contributed by atoms with van der Waals surface area (Å²) in [6, 6.07) is 5.12. The molecule has 0 amide bonds. The van der Waals surface area contributed by atoms with Crippen LogP contribution in [0.15, 0.2) is 40.4 Å². The number of aryl methyl sites for hydroxylation is 1. The molecule has 0 saturated carbocycles. The summed E-state index contributed by atoms with van der Waals surface area (Å²) in [5, 5.41) is 0. The Balaban J connectivity index is 2.65. The Kier molecular flexibility index (Phi) is 5.84. The Morgan fingerprint density at radius 1 is 1.50 bits per heavy atom. The van der Waals surface area contributed by atoms with E-state index in [9.17, 15) is 8.42 Å². The lowest BCUT2D eigenvalue weighted by Gasteiger charge is -2.09. The Morgan fingerprint density at radius 3 is 2.83 bits per heavy atom. The van der Waals surface area contributed by atoms with E-state index in [-0.39, 0.29) is 4.90 Å². The maximum Gasteiger partial charge on any atom is 0.241 e. The predicted molar refractivity (Wildman–Crippen MR) is 74.8 cm³/mol. The van der Waals surface area contributed by atoms with E-state index in [1.54, 1.807) is 18.2 Å². The normalized spacial score (nSPS) is 11.2. The van der Waals surface area contributed by atoms with Crippen LogP contribution < -0.4 is 4.72 Å². The molecule has 4 nitrogen and oxygen atoms in total. The van der Waals surface area contributed by atoms with Crippen LogP contribution in [0, 0.1) is 6.92 Å². The lowest BCUT2D eigenvalue weighted by Crippen LogP contribution is -2.25. The van der Waals surface area contributed by atoms with Crippen molar-refractivity contribution >= 4 is 26.0 Å². The molecular formula is C12H16BrNO3S. The molecule has 0 spiro atoms. The number of benzene rings is 1. The van der Waals surface area contributed by atoms with Gasteiger partial charge in [0.05, 0.1) is 17.8 Å². The topological polar surface area (TPSA) is 55.4 Å². The standard InChI is InChI=1S/C12H16BrNO3S/c1-3-17-8-4-7-14-18(15,16)12-6-5-10(2)9-11(12)13/h3,5-6,9,14H,1,4,7-8H2,2H3. The minimum absolute atomic E-state index is 0.248. The van der Waals surface area contributed by atoms with Crippen molar-refractivity contribution in [1.29, 1.82) is 0 Å². The van der Waals surface area contributed by atoms with Crippen molar-refractivity contribution in [1.82, 2.24) is 4.72 Å². The molecule has 0 aromatic heterocycles. The lowest BCUT2D eigenvalue weighted by molar-refractivity contribution is 0.247. The maximum absolute atomic E-state index is 12.0. The van der Waals surface area contributed by atoms with Gasteiger partial charge in [-0.2, -0.15) is 0 Å². The highest BCUT2D eigenvalue weighted by molar-refractivity contribution is 9.10. The molecule has 6 heteroatoms. The van der Waals surface area contributed by atoms with Gasteiger partial charge in [0, 0.05) is 11.0 Å². The van der Waals surface area contributed by atoms with Crippen molar-refractivity contribution in [3.8, 4) is 0 Å². The summed E-state index contributed by atoms with van der Waals surface area (Å²) in [5.41, 5.74) is 1.00. The second-order valence-corrected chi connectivity index (χ2v) is 6.31. The Labute approximate surface area is 116 Å². The van der Waals surface area contributed by atoms with Gasteiger partial charge in [0.25, 0.3) is 0 Å². The largest absolute Gasteiger partial charge is 0.502 e. The van der Waals surface area contributed by atoms with Crippen LogP contribution >= 0.6 is 15.9 Å². The molecule has 1 aromatic rings. The van der Waals surface area contributed by atoms with E-state index in [0.717, 1.165) is 5.56 Å².